The van der Waals surface area contributed by atoms with Gasteiger partial charge in [-0.05, 0) is 31.5 Å². The van der Waals surface area contributed by atoms with Gasteiger partial charge in [0.1, 0.15) is 16.9 Å². The molecule has 21 heavy (non-hydrogen) atoms. The molecular formula is C15H15FN2O2S. The lowest BCUT2D eigenvalue weighted by Gasteiger charge is -2.19. The second-order valence-electron chi connectivity index (χ2n) is 5.08. The van der Waals surface area contributed by atoms with Crippen molar-refractivity contribution >= 4 is 17.3 Å². The quantitative estimate of drug-likeness (QED) is 0.943. The molecule has 1 atom stereocenters. The Balaban J connectivity index is 1.77. The largest absolute Gasteiger partial charge is 0.480 e. The van der Waals surface area contributed by atoms with Gasteiger partial charge >= 0.3 is 5.97 Å². The van der Waals surface area contributed by atoms with Gasteiger partial charge in [0.15, 0.2) is 0 Å². The molecule has 3 rings (SSSR count). The lowest BCUT2D eigenvalue weighted by molar-refractivity contribution is -0.142. The van der Waals surface area contributed by atoms with Gasteiger partial charge in [-0.1, -0.05) is 12.1 Å². The van der Waals surface area contributed by atoms with Crippen LogP contribution in [0.2, 0.25) is 0 Å². The van der Waals surface area contributed by atoms with Crippen LogP contribution in [0, 0.1) is 5.82 Å². The summed E-state index contributed by atoms with van der Waals surface area (Å²) in [6.45, 7) is 1.34. The zero-order chi connectivity index (χ0) is 14.8. The van der Waals surface area contributed by atoms with E-state index in [1.165, 1.54) is 17.4 Å². The van der Waals surface area contributed by atoms with Crippen molar-refractivity contribution in [2.75, 3.05) is 6.54 Å². The van der Waals surface area contributed by atoms with Crippen LogP contribution in [0.1, 0.15) is 17.7 Å². The third-order valence-corrected chi connectivity index (χ3v) is 4.68. The molecule has 1 aliphatic heterocycles. The van der Waals surface area contributed by atoms with Crippen LogP contribution >= 0.6 is 11.3 Å². The summed E-state index contributed by atoms with van der Waals surface area (Å²) in [4.78, 5) is 18.3. The first-order valence-electron chi connectivity index (χ1n) is 6.81. The number of rotatable bonds is 4. The average Bonchev–Trinajstić information content (AvgIpc) is 3.09. The molecule has 6 heteroatoms. The summed E-state index contributed by atoms with van der Waals surface area (Å²) in [6, 6.07) is 6.13. The van der Waals surface area contributed by atoms with Gasteiger partial charge in [0.2, 0.25) is 0 Å². The molecule has 0 radical (unpaired) electrons. The number of aromatic nitrogens is 1. The van der Waals surface area contributed by atoms with Gasteiger partial charge in [-0.2, -0.15) is 0 Å². The number of thiazole rings is 1. The second-order valence-corrected chi connectivity index (χ2v) is 6.19. The smallest absolute Gasteiger partial charge is 0.320 e. The number of aliphatic carboxylic acids is 1. The summed E-state index contributed by atoms with van der Waals surface area (Å²) >= 11 is 1.42. The highest BCUT2D eigenvalue weighted by molar-refractivity contribution is 7.15. The van der Waals surface area contributed by atoms with Gasteiger partial charge in [0, 0.05) is 23.2 Å². The number of hydrogen-bond acceptors (Lipinski definition) is 4. The van der Waals surface area contributed by atoms with Crippen LogP contribution in [0.25, 0.3) is 10.6 Å². The number of hydrogen-bond donors (Lipinski definition) is 1. The molecule has 1 aliphatic rings. The second kappa shape index (κ2) is 5.91. The maximum atomic E-state index is 13.7. The highest BCUT2D eigenvalue weighted by Crippen LogP contribution is 2.29. The molecule has 1 saturated heterocycles. The monoisotopic (exact) mass is 306 g/mol. The molecule has 4 nitrogen and oxygen atoms in total. The van der Waals surface area contributed by atoms with Crippen LogP contribution in [-0.2, 0) is 11.3 Å². The Hall–Kier alpha value is -1.79. The van der Waals surface area contributed by atoms with E-state index in [0.29, 0.717) is 23.5 Å². The van der Waals surface area contributed by atoms with Crippen molar-refractivity contribution in [1.29, 1.82) is 0 Å². The van der Waals surface area contributed by atoms with Crippen LogP contribution in [0.3, 0.4) is 0 Å². The van der Waals surface area contributed by atoms with Crippen LogP contribution < -0.4 is 0 Å². The highest BCUT2D eigenvalue weighted by Gasteiger charge is 2.30. The molecule has 2 heterocycles. The maximum absolute atomic E-state index is 13.7. The summed E-state index contributed by atoms with van der Waals surface area (Å²) < 4.78 is 13.7. The average molecular weight is 306 g/mol. The first kappa shape index (κ1) is 14.2. The molecule has 2 aromatic rings. The molecule has 1 fully saturated rings. The highest BCUT2D eigenvalue weighted by atomic mass is 32.1. The van der Waals surface area contributed by atoms with Crippen LogP contribution in [0.4, 0.5) is 4.39 Å². The van der Waals surface area contributed by atoms with Crippen molar-refractivity contribution in [1.82, 2.24) is 9.88 Å². The lowest BCUT2D eigenvalue weighted by Crippen LogP contribution is -2.35. The minimum atomic E-state index is -0.772. The maximum Gasteiger partial charge on any atom is 0.320 e. The molecule has 0 saturated carbocycles. The van der Waals surface area contributed by atoms with Gasteiger partial charge in [0.05, 0.1) is 0 Å². The predicted octanol–water partition coefficient (Wildman–Crippen LogP) is 3.00. The Morgan fingerprint density at radius 1 is 1.48 bits per heavy atom. The molecule has 1 unspecified atom stereocenters. The fraction of sp³-hybridized carbons (Fsp3) is 0.333. The molecule has 1 aromatic carbocycles. The van der Waals surface area contributed by atoms with Crippen LogP contribution in [0.15, 0.2) is 30.5 Å². The standard InChI is InChI=1S/C15H15FN2O2S/c16-12-5-2-1-4-11(12)14-17-8-10(21-14)9-18-7-3-6-13(18)15(19)20/h1-2,4-5,8,13H,3,6-7,9H2,(H,19,20). The normalized spacial score (nSPS) is 19.0. The first-order valence-corrected chi connectivity index (χ1v) is 7.63. The third kappa shape index (κ3) is 2.96. The topological polar surface area (TPSA) is 53.4 Å². The van der Waals surface area contributed by atoms with E-state index in [1.807, 2.05) is 4.90 Å². The van der Waals surface area contributed by atoms with Gasteiger partial charge in [-0.3, -0.25) is 9.69 Å². The zero-order valence-electron chi connectivity index (χ0n) is 11.3. The number of carboxylic acid groups (broad SMARTS) is 1. The molecule has 110 valence electrons. The van der Waals surface area contributed by atoms with Crippen molar-refractivity contribution in [3.8, 4) is 10.6 Å². The Morgan fingerprint density at radius 2 is 2.29 bits per heavy atom. The Kier molecular flexibility index (Phi) is 3.98. The van der Waals surface area contributed by atoms with E-state index in [1.54, 1.807) is 24.4 Å². The zero-order valence-corrected chi connectivity index (χ0v) is 12.1. The van der Waals surface area contributed by atoms with E-state index < -0.39 is 12.0 Å². The fourth-order valence-electron chi connectivity index (χ4n) is 2.63. The first-order chi connectivity index (χ1) is 10.1. The summed E-state index contributed by atoms with van der Waals surface area (Å²) in [5.41, 5.74) is 0.491. The van der Waals surface area contributed by atoms with E-state index in [2.05, 4.69) is 4.98 Å². The van der Waals surface area contributed by atoms with Crippen LogP contribution in [0.5, 0.6) is 0 Å². The summed E-state index contributed by atoms with van der Waals surface area (Å²) in [5.74, 6) is -1.06. The number of halogens is 1. The molecule has 0 bridgehead atoms. The SMILES string of the molecule is O=C(O)C1CCCN1Cc1cnc(-c2ccccc2F)s1. The van der Waals surface area contributed by atoms with Gasteiger partial charge in [-0.25, -0.2) is 9.37 Å². The number of carbonyl (C=O) groups is 1. The predicted molar refractivity (Wildman–Crippen MR) is 78.6 cm³/mol. The fourth-order valence-corrected chi connectivity index (χ4v) is 3.60. The van der Waals surface area contributed by atoms with E-state index in [-0.39, 0.29) is 5.82 Å². The van der Waals surface area contributed by atoms with Crippen LogP contribution in [-0.4, -0.2) is 33.5 Å². The summed E-state index contributed by atoms with van der Waals surface area (Å²) in [6.07, 6.45) is 3.30. The molecule has 1 N–H and O–H groups in total. The van der Waals surface area contributed by atoms with Gasteiger partial charge in [0.25, 0.3) is 0 Å². The van der Waals surface area contributed by atoms with Crippen molar-refractivity contribution in [2.24, 2.45) is 0 Å². The minimum Gasteiger partial charge on any atom is -0.480 e. The van der Waals surface area contributed by atoms with Crippen molar-refractivity contribution < 1.29 is 14.3 Å². The molecule has 0 spiro atoms. The lowest BCUT2D eigenvalue weighted by atomic mass is 10.2. The van der Waals surface area contributed by atoms with Crippen molar-refractivity contribution in [3.05, 3.63) is 41.2 Å². The van der Waals surface area contributed by atoms with E-state index >= 15 is 0 Å². The Labute approximate surface area is 125 Å². The van der Waals surface area contributed by atoms with E-state index in [9.17, 15) is 14.3 Å². The van der Waals surface area contributed by atoms with E-state index in [0.717, 1.165) is 17.8 Å². The summed E-state index contributed by atoms with van der Waals surface area (Å²) in [5, 5.41) is 9.81. The number of likely N-dealkylation sites (tertiary alicyclic amines) is 1. The number of nitrogens with zero attached hydrogens (tertiary/aromatic N) is 2. The van der Waals surface area contributed by atoms with Crippen molar-refractivity contribution in [2.45, 2.75) is 25.4 Å². The molecule has 0 amide bonds. The number of benzene rings is 1. The molecule has 1 aromatic heterocycles. The van der Waals surface area contributed by atoms with Gasteiger partial charge in [-0.15, -0.1) is 11.3 Å². The van der Waals surface area contributed by atoms with Crippen molar-refractivity contribution in [3.63, 3.8) is 0 Å². The third-order valence-electron chi connectivity index (χ3n) is 3.67. The van der Waals surface area contributed by atoms with E-state index in [4.69, 9.17) is 0 Å². The van der Waals surface area contributed by atoms with Gasteiger partial charge < -0.3 is 5.11 Å². The number of carboxylic acids is 1. The molecule has 0 aliphatic carbocycles. The Bertz CT molecular complexity index is 659. The molecular weight excluding hydrogens is 291 g/mol. The summed E-state index contributed by atoms with van der Waals surface area (Å²) in [7, 11) is 0. The minimum absolute atomic E-state index is 0.289. The Morgan fingerprint density at radius 3 is 3.05 bits per heavy atom.